The van der Waals surface area contributed by atoms with Gasteiger partial charge in [-0.3, -0.25) is 14.4 Å². The molecule has 3 amide bonds. The Balaban J connectivity index is 1.44. The fourth-order valence-electron chi connectivity index (χ4n) is 3.06. The van der Waals surface area contributed by atoms with E-state index in [-0.39, 0.29) is 23.8 Å². The molecule has 0 saturated carbocycles. The highest BCUT2D eigenvalue weighted by Gasteiger charge is 2.26. The van der Waals surface area contributed by atoms with E-state index in [1.807, 2.05) is 35.2 Å². The molecule has 1 fully saturated rings. The molecule has 7 nitrogen and oxygen atoms in total. The van der Waals surface area contributed by atoms with Gasteiger partial charge in [0.15, 0.2) is 0 Å². The van der Waals surface area contributed by atoms with Gasteiger partial charge in [0.25, 0.3) is 5.91 Å². The van der Waals surface area contributed by atoms with Crippen molar-refractivity contribution >= 4 is 23.4 Å². The molecule has 2 heterocycles. The fraction of sp³-hybridized carbons (Fsp3) is 0.444. The Morgan fingerprint density at radius 2 is 1.88 bits per heavy atom. The van der Waals surface area contributed by atoms with E-state index < -0.39 is 0 Å². The monoisotopic (exact) mass is 342 g/mol. The normalized spacial score (nSPS) is 18.3. The minimum Gasteiger partial charge on any atom is -0.348 e. The van der Waals surface area contributed by atoms with Crippen molar-refractivity contribution < 1.29 is 14.4 Å². The topological polar surface area (TPSA) is 90.9 Å². The highest BCUT2D eigenvalue weighted by Crippen LogP contribution is 2.13. The van der Waals surface area contributed by atoms with Crippen LogP contribution >= 0.6 is 0 Å². The molecule has 1 aromatic carbocycles. The van der Waals surface area contributed by atoms with E-state index in [1.165, 1.54) is 0 Å². The third-order valence-electron chi connectivity index (χ3n) is 4.55. The Morgan fingerprint density at radius 1 is 1.16 bits per heavy atom. The van der Waals surface area contributed by atoms with Gasteiger partial charge in [-0.1, -0.05) is 30.3 Å². The fourth-order valence-corrected chi connectivity index (χ4v) is 3.06. The van der Waals surface area contributed by atoms with E-state index in [0.29, 0.717) is 38.1 Å². The number of amides is 3. The second-order valence-corrected chi connectivity index (χ2v) is 6.38. The number of nitrogens with zero attached hydrogens (tertiary/aromatic N) is 2. The third kappa shape index (κ3) is 4.65. The van der Waals surface area contributed by atoms with Gasteiger partial charge in [-0.25, -0.2) is 5.43 Å². The van der Waals surface area contributed by atoms with Crippen LogP contribution in [0.5, 0.6) is 0 Å². The maximum Gasteiger partial charge on any atom is 0.267 e. The summed E-state index contributed by atoms with van der Waals surface area (Å²) in [6.07, 6.45) is 2.52. The first kappa shape index (κ1) is 17.1. The molecule has 2 N–H and O–H groups in total. The Bertz CT molecular complexity index is 679. The third-order valence-corrected chi connectivity index (χ3v) is 4.55. The van der Waals surface area contributed by atoms with Crippen LogP contribution in [0, 0.1) is 0 Å². The van der Waals surface area contributed by atoms with E-state index in [2.05, 4.69) is 15.8 Å². The summed E-state index contributed by atoms with van der Waals surface area (Å²) in [6, 6.07) is 9.74. The lowest BCUT2D eigenvalue weighted by Crippen LogP contribution is -2.49. The Labute approximate surface area is 146 Å². The summed E-state index contributed by atoms with van der Waals surface area (Å²) >= 11 is 0. The zero-order valence-electron chi connectivity index (χ0n) is 14.0. The van der Waals surface area contributed by atoms with Gasteiger partial charge in [0, 0.05) is 32.0 Å². The molecule has 0 spiro atoms. The van der Waals surface area contributed by atoms with Crippen molar-refractivity contribution in [3.63, 3.8) is 0 Å². The molecule has 25 heavy (non-hydrogen) atoms. The largest absolute Gasteiger partial charge is 0.348 e. The van der Waals surface area contributed by atoms with Gasteiger partial charge in [0.05, 0.1) is 6.42 Å². The number of hydrogen-bond acceptors (Lipinski definition) is 4. The number of hydrogen-bond donors (Lipinski definition) is 2. The van der Waals surface area contributed by atoms with Crippen molar-refractivity contribution in [2.75, 3.05) is 13.1 Å². The van der Waals surface area contributed by atoms with E-state index in [4.69, 9.17) is 0 Å². The van der Waals surface area contributed by atoms with Crippen LogP contribution in [0.15, 0.2) is 35.4 Å². The van der Waals surface area contributed by atoms with E-state index in [1.54, 1.807) is 0 Å². The number of likely N-dealkylation sites (tertiary alicyclic amines) is 1. The Morgan fingerprint density at radius 3 is 2.52 bits per heavy atom. The van der Waals surface area contributed by atoms with Gasteiger partial charge in [0.2, 0.25) is 11.8 Å². The first-order chi connectivity index (χ1) is 12.1. The van der Waals surface area contributed by atoms with Crippen LogP contribution in [0.1, 0.15) is 31.2 Å². The van der Waals surface area contributed by atoms with Crippen molar-refractivity contribution in [1.29, 1.82) is 0 Å². The second-order valence-electron chi connectivity index (χ2n) is 6.38. The van der Waals surface area contributed by atoms with Crippen LogP contribution < -0.4 is 10.7 Å². The van der Waals surface area contributed by atoms with Gasteiger partial charge in [-0.15, -0.1) is 0 Å². The SMILES string of the molecule is O=C1CCC(C(=O)NC2CCN(C(=O)Cc3ccccc3)CC2)=NN1. The lowest BCUT2D eigenvalue weighted by molar-refractivity contribution is -0.131. The first-order valence-electron chi connectivity index (χ1n) is 8.60. The molecule has 0 aliphatic carbocycles. The van der Waals surface area contributed by atoms with Crippen LogP contribution in [0.3, 0.4) is 0 Å². The van der Waals surface area contributed by atoms with Crippen LogP contribution in [0.4, 0.5) is 0 Å². The van der Waals surface area contributed by atoms with E-state index in [9.17, 15) is 14.4 Å². The maximum atomic E-state index is 12.4. The number of benzene rings is 1. The summed E-state index contributed by atoms with van der Waals surface area (Å²) < 4.78 is 0. The molecular weight excluding hydrogens is 320 g/mol. The van der Waals surface area contributed by atoms with Gasteiger partial charge in [-0.05, 0) is 18.4 Å². The molecular formula is C18H22N4O3. The molecule has 132 valence electrons. The predicted molar refractivity (Wildman–Crippen MR) is 92.7 cm³/mol. The molecule has 0 atom stereocenters. The predicted octanol–water partition coefficient (Wildman–Crippen LogP) is 0.602. The van der Waals surface area contributed by atoms with Crippen LogP contribution in [-0.4, -0.2) is 47.5 Å². The molecule has 1 aromatic rings. The molecule has 0 bridgehead atoms. The molecule has 0 radical (unpaired) electrons. The summed E-state index contributed by atoms with van der Waals surface area (Å²) in [4.78, 5) is 37.4. The van der Waals surface area contributed by atoms with Gasteiger partial charge < -0.3 is 10.2 Å². The van der Waals surface area contributed by atoms with Crippen LogP contribution in [0.25, 0.3) is 0 Å². The zero-order chi connectivity index (χ0) is 17.6. The molecule has 1 saturated heterocycles. The molecule has 0 unspecified atom stereocenters. The maximum absolute atomic E-state index is 12.4. The van der Waals surface area contributed by atoms with E-state index in [0.717, 1.165) is 18.4 Å². The summed E-state index contributed by atoms with van der Waals surface area (Å²) in [7, 11) is 0. The van der Waals surface area contributed by atoms with E-state index >= 15 is 0 Å². The number of carbonyl (C=O) groups is 3. The first-order valence-corrected chi connectivity index (χ1v) is 8.60. The number of carbonyl (C=O) groups excluding carboxylic acids is 3. The lowest BCUT2D eigenvalue weighted by atomic mass is 10.0. The standard InChI is InChI=1S/C18H22N4O3/c23-16-7-6-15(20-21-16)18(25)19-14-8-10-22(11-9-14)17(24)12-13-4-2-1-3-5-13/h1-5,14H,6-12H2,(H,19,25)(H,21,23). The summed E-state index contributed by atoms with van der Waals surface area (Å²) in [5.41, 5.74) is 3.71. The highest BCUT2D eigenvalue weighted by molar-refractivity contribution is 6.39. The van der Waals surface area contributed by atoms with Gasteiger partial charge in [0.1, 0.15) is 5.71 Å². The molecule has 3 rings (SSSR count). The molecule has 2 aliphatic heterocycles. The minimum atomic E-state index is -0.228. The van der Waals surface area contributed by atoms with Crippen molar-refractivity contribution in [1.82, 2.24) is 15.6 Å². The summed E-state index contributed by atoms with van der Waals surface area (Å²) in [5.74, 6) is -0.272. The Hall–Kier alpha value is -2.70. The molecule has 0 aromatic heterocycles. The average Bonchev–Trinajstić information content (AvgIpc) is 2.63. The highest BCUT2D eigenvalue weighted by atomic mass is 16.2. The number of rotatable bonds is 4. The number of piperidine rings is 1. The molecule has 2 aliphatic rings. The number of hydrazone groups is 1. The molecule has 7 heteroatoms. The van der Waals surface area contributed by atoms with Crippen molar-refractivity contribution in [3.05, 3.63) is 35.9 Å². The van der Waals surface area contributed by atoms with Crippen LogP contribution in [0.2, 0.25) is 0 Å². The lowest BCUT2D eigenvalue weighted by Gasteiger charge is -2.32. The van der Waals surface area contributed by atoms with Crippen molar-refractivity contribution in [2.24, 2.45) is 5.10 Å². The quantitative estimate of drug-likeness (QED) is 0.839. The van der Waals surface area contributed by atoms with Gasteiger partial charge >= 0.3 is 0 Å². The van der Waals surface area contributed by atoms with Gasteiger partial charge in [-0.2, -0.15) is 5.10 Å². The summed E-state index contributed by atoms with van der Waals surface area (Å²) in [5, 5.41) is 6.76. The van der Waals surface area contributed by atoms with Crippen molar-refractivity contribution in [2.45, 2.75) is 38.1 Å². The van der Waals surface area contributed by atoms with Crippen LogP contribution in [-0.2, 0) is 20.8 Å². The number of nitrogens with one attached hydrogen (secondary N) is 2. The Kier molecular flexibility index (Phi) is 5.42. The average molecular weight is 342 g/mol. The smallest absolute Gasteiger partial charge is 0.267 e. The minimum absolute atomic E-state index is 0.0357. The van der Waals surface area contributed by atoms with Crippen molar-refractivity contribution in [3.8, 4) is 0 Å². The summed E-state index contributed by atoms with van der Waals surface area (Å²) in [6.45, 7) is 1.28. The second kappa shape index (κ2) is 7.92. The zero-order valence-corrected chi connectivity index (χ0v) is 14.0.